The van der Waals surface area contributed by atoms with Crippen molar-refractivity contribution in [2.75, 3.05) is 19.4 Å². The highest BCUT2D eigenvalue weighted by atomic mass is 16.2. The lowest BCUT2D eigenvalue weighted by molar-refractivity contribution is -0.128. The fourth-order valence-electron chi connectivity index (χ4n) is 2.73. The quantitative estimate of drug-likeness (QED) is 0.688. The molecule has 2 N–H and O–H groups in total. The van der Waals surface area contributed by atoms with Crippen LogP contribution in [0.2, 0.25) is 0 Å². The highest BCUT2D eigenvalue weighted by molar-refractivity contribution is 5.90. The molecule has 8 heteroatoms. The molecule has 0 spiro atoms. The number of hydrogen-bond donors (Lipinski definition) is 2. The lowest BCUT2D eigenvalue weighted by atomic mass is 10.1. The van der Waals surface area contributed by atoms with Crippen LogP contribution in [0.15, 0.2) is 58.1 Å². The molecule has 2 aromatic carbocycles. The molecule has 144 valence electrons. The number of nitrogens with one attached hydrogen (secondary N) is 2. The van der Waals surface area contributed by atoms with Crippen molar-refractivity contribution < 1.29 is 9.59 Å². The van der Waals surface area contributed by atoms with E-state index in [0.29, 0.717) is 16.6 Å². The highest BCUT2D eigenvalue weighted by Crippen LogP contribution is 2.11. The van der Waals surface area contributed by atoms with Crippen LogP contribution >= 0.6 is 0 Å². The average Bonchev–Trinajstić information content (AvgIpc) is 2.66. The van der Waals surface area contributed by atoms with Crippen LogP contribution in [-0.2, 0) is 22.6 Å². The topological polar surface area (TPSA) is 104 Å². The van der Waals surface area contributed by atoms with Crippen LogP contribution in [0.5, 0.6) is 0 Å². The number of rotatable bonds is 5. The number of likely N-dealkylation sites (N-methyl/N-ethyl adjacent to an activating group) is 1. The fourth-order valence-corrected chi connectivity index (χ4v) is 2.73. The minimum atomic E-state index is -0.642. The normalized spacial score (nSPS) is 10.6. The Labute approximate surface area is 160 Å². The maximum absolute atomic E-state index is 12.5. The van der Waals surface area contributed by atoms with Gasteiger partial charge in [0.2, 0.25) is 11.8 Å². The second-order valence-electron chi connectivity index (χ2n) is 6.58. The smallest absolute Gasteiger partial charge is 0.329 e. The highest BCUT2D eigenvalue weighted by Gasteiger charge is 2.12. The van der Waals surface area contributed by atoms with Gasteiger partial charge in [-0.25, -0.2) is 4.79 Å². The van der Waals surface area contributed by atoms with Crippen LogP contribution in [-0.4, -0.2) is 40.4 Å². The summed E-state index contributed by atoms with van der Waals surface area (Å²) in [6.45, 7) is -0.403. The van der Waals surface area contributed by atoms with Crippen molar-refractivity contribution in [2.24, 2.45) is 0 Å². The molecule has 0 saturated carbocycles. The molecule has 3 rings (SSSR count). The molecule has 1 heterocycles. The van der Waals surface area contributed by atoms with E-state index in [1.807, 2.05) is 0 Å². The lowest BCUT2D eigenvalue weighted by Crippen LogP contribution is -2.38. The molecule has 3 aromatic rings. The van der Waals surface area contributed by atoms with Crippen molar-refractivity contribution in [1.82, 2.24) is 14.5 Å². The summed E-state index contributed by atoms with van der Waals surface area (Å²) in [5, 5.41) is 2.99. The van der Waals surface area contributed by atoms with E-state index in [0.717, 1.165) is 10.1 Å². The minimum absolute atomic E-state index is 0.0216. The summed E-state index contributed by atoms with van der Waals surface area (Å²) >= 11 is 0. The number of para-hydroxylation sites is 1. The Balaban J connectivity index is 1.73. The van der Waals surface area contributed by atoms with Gasteiger partial charge in [-0.2, -0.15) is 0 Å². The van der Waals surface area contributed by atoms with E-state index in [1.54, 1.807) is 62.6 Å². The molecule has 0 unspecified atom stereocenters. The van der Waals surface area contributed by atoms with Crippen LogP contribution in [0.4, 0.5) is 5.69 Å². The predicted octanol–water partition coefficient (Wildman–Crippen LogP) is 0.959. The SMILES string of the molecule is CN(C)C(=O)Cc1ccc(NC(=O)Cn2c(=O)[nH]c3ccccc3c2=O)cc1. The molecular weight excluding hydrogens is 360 g/mol. The maximum atomic E-state index is 12.5. The van der Waals surface area contributed by atoms with Gasteiger partial charge in [0.05, 0.1) is 17.3 Å². The Hall–Kier alpha value is -3.68. The number of benzene rings is 2. The third-order valence-electron chi connectivity index (χ3n) is 4.28. The van der Waals surface area contributed by atoms with Gasteiger partial charge in [-0.15, -0.1) is 0 Å². The second-order valence-corrected chi connectivity index (χ2v) is 6.58. The molecule has 2 amide bonds. The number of nitrogens with zero attached hydrogens (tertiary/aromatic N) is 2. The van der Waals surface area contributed by atoms with E-state index in [9.17, 15) is 19.2 Å². The third kappa shape index (κ3) is 4.17. The van der Waals surface area contributed by atoms with E-state index in [2.05, 4.69) is 10.3 Å². The molecule has 28 heavy (non-hydrogen) atoms. The van der Waals surface area contributed by atoms with Crippen LogP contribution in [0, 0.1) is 0 Å². The van der Waals surface area contributed by atoms with Gasteiger partial charge in [0.15, 0.2) is 0 Å². The molecule has 0 fully saturated rings. The number of H-pyrrole nitrogens is 1. The van der Waals surface area contributed by atoms with Crippen LogP contribution in [0.3, 0.4) is 0 Å². The molecule has 0 radical (unpaired) electrons. The minimum Gasteiger partial charge on any atom is -0.349 e. The number of carbonyl (C=O) groups is 2. The van der Waals surface area contributed by atoms with E-state index >= 15 is 0 Å². The molecule has 0 aliphatic rings. The number of amides is 2. The van der Waals surface area contributed by atoms with E-state index in [1.165, 1.54) is 4.90 Å². The van der Waals surface area contributed by atoms with Crippen LogP contribution < -0.4 is 16.6 Å². The number of fused-ring (bicyclic) bond motifs is 1. The Kier molecular flexibility index (Phi) is 5.39. The van der Waals surface area contributed by atoms with E-state index in [4.69, 9.17) is 0 Å². The van der Waals surface area contributed by atoms with Crippen molar-refractivity contribution in [3.05, 3.63) is 74.9 Å². The predicted molar refractivity (Wildman–Crippen MR) is 106 cm³/mol. The summed E-state index contributed by atoms with van der Waals surface area (Å²) in [5.41, 5.74) is 0.593. The number of anilines is 1. The molecule has 1 aromatic heterocycles. The van der Waals surface area contributed by atoms with Gasteiger partial charge in [0.1, 0.15) is 6.54 Å². The van der Waals surface area contributed by atoms with Gasteiger partial charge >= 0.3 is 5.69 Å². The van der Waals surface area contributed by atoms with Gasteiger partial charge in [-0.1, -0.05) is 24.3 Å². The molecule has 8 nitrogen and oxygen atoms in total. The third-order valence-corrected chi connectivity index (χ3v) is 4.28. The molecule has 0 saturated heterocycles. The molecule has 0 aliphatic carbocycles. The lowest BCUT2D eigenvalue weighted by Gasteiger charge is -2.11. The van der Waals surface area contributed by atoms with Crippen molar-refractivity contribution in [3.8, 4) is 0 Å². The first-order valence-corrected chi connectivity index (χ1v) is 8.66. The Bertz CT molecular complexity index is 1140. The van der Waals surface area contributed by atoms with E-state index < -0.39 is 23.7 Å². The molecular formula is C20H20N4O4. The fraction of sp³-hybridized carbons (Fsp3) is 0.200. The summed E-state index contributed by atoms with van der Waals surface area (Å²) in [6, 6.07) is 13.5. The summed E-state index contributed by atoms with van der Waals surface area (Å²) in [7, 11) is 3.38. The Morgan fingerprint density at radius 3 is 2.39 bits per heavy atom. The standard InChI is InChI=1S/C20H20N4O4/c1-23(2)18(26)11-13-7-9-14(10-8-13)21-17(25)12-24-19(27)15-5-3-4-6-16(15)22-20(24)28/h3-10H,11-12H2,1-2H3,(H,21,25)(H,22,28). The summed E-state index contributed by atoms with van der Waals surface area (Å²) in [6.07, 6.45) is 0.267. The Morgan fingerprint density at radius 2 is 1.71 bits per heavy atom. The zero-order valence-electron chi connectivity index (χ0n) is 15.6. The number of aromatic nitrogens is 2. The van der Waals surface area contributed by atoms with Crippen molar-refractivity contribution >= 4 is 28.4 Å². The monoisotopic (exact) mass is 380 g/mol. The largest absolute Gasteiger partial charge is 0.349 e. The number of hydrogen-bond acceptors (Lipinski definition) is 4. The van der Waals surface area contributed by atoms with Crippen LogP contribution in [0.1, 0.15) is 5.56 Å². The summed E-state index contributed by atoms with van der Waals surface area (Å²) in [5.74, 6) is -0.522. The van der Waals surface area contributed by atoms with Crippen molar-refractivity contribution in [2.45, 2.75) is 13.0 Å². The first-order valence-electron chi connectivity index (χ1n) is 8.66. The Morgan fingerprint density at radius 1 is 1.04 bits per heavy atom. The first-order chi connectivity index (χ1) is 13.3. The van der Waals surface area contributed by atoms with Gasteiger partial charge in [0.25, 0.3) is 5.56 Å². The van der Waals surface area contributed by atoms with Gasteiger partial charge in [-0.3, -0.25) is 19.0 Å². The zero-order valence-corrected chi connectivity index (χ0v) is 15.6. The van der Waals surface area contributed by atoms with Gasteiger partial charge in [-0.05, 0) is 29.8 Å². The first kappa shape index (κ1) is 19.1. The molecule has 0 bridgehead atoms. The average molecular weight is 380 g/mol. The summed E-state index contributed by atoms with van der Waals surface area (Å²) in [4.78, 5) is 52.7. The zero-order chi connectivity index (χ0) is 20.3. The maximum Gasteiger partial charge on any atom is 0.329 e. The number of aromatic amines is 1. The van der Waals surface area contributed by atoms with Crippen molar-refractivity contribution in [1.29, 1.82) is 0 Å². The van der Waals surface area contributed by atoms with Crippen LogP contribution in [0.25, 0.3) is 10.9 Å². The molecule has 0 atom stereocenters. The van der Waals surface area contributed by atoms with E-state index in [-0.39, 0.29) is 12.3 Å². The number of carbonyl (C=O) groups excluding carboxylic acids is 2. The second kappa shape index (κ2) is 7.91. The van der Waals surface area contributed by atoms with Gasteiger partial charge in [0, 0.05) is 19.8 Å². The van der Waals surface area contributed by atoms with Gasteiger partial charge < -0.3 is 15.2 Å². The van der Waals surface area contributed by atoms with Crippen molar-refractivity contribution in [3.63, 3.8) is 0 Å². The molecule has 0 aliphatic heterocycles. The summed E-state index contributed by atoms with van der Waals surface area (Å²) < 4.78 is 0.863.